The third-order valence-corrected chi connectivity index (χ3v) is 15.5. The summed E-state index contributed by atoms with van der Waals surface area (Å²) in [5, 5.41) is 11.2. The van der Waals surface area contributed by atoms with Crippen LogP contribution in [0.15, 0.2) is 228 Å². The first kappa shape index (κ1) is 48.1. The molecular weight excluding hydrogens is 895 g/mol. The molecule has 0 saturated carbocycles. The van der Waals surface area contributed by atoms with Crippen LogP contribution < -0.4 is 0 Å². The second-order valence-electron chi connectivity index (χ2n) is 20.2. The van der Waals surface area contributed by atoms with E-state index in [1.54, 1.807) is 5.57 Å². The van der Waals surface area contributed by atoms with E-state index in [1.165, 1.54) is 94.8 Å². The highest BCUT2D eigenvalue weighted by Crippen LogP contribution is 2.55. The monoisotopic (exact) mass is 960 g/mol. The Balaban J connectivity index is 0.000000481. The molecule has 74 heavy (non-hydrogen) atoms. The highest BCUT2D eigenvalue weighted by atomic mass is 15.0. The number of para-hydroxylation sites is 1. The quantitative estimate of drug-likeness (QED) is 0.113. The maximum Gasteiger partial charge on any atom is 0.155 e. The number of fused-ring (bicyclic) bond motifs is 11. The lowest BCUT2D eigenvalue weighted by atomic mass is 9.81. The van der Waals surface area contributed by atoms with Crippen molar-refractivity contribution in [3.63, 3.8) is 0 Å². The summed E-state index contributed by atoms with van der Waals surface area (Å²) in [6, 6.07) is 76.7. The first-order chi connectivity index (χ1) is 36.3. The van der Waals surface area contributed by atoms with Crippen LogP contribution in [0.3, 0.4) is 0 Å². The average molecular weight is 960 g/mol. The minimum atomic E-state index is -0.114. The van der Waals surface area contributed by atoms with Crippen LogP contribution in [0.25, 0.3) is 65.8 Å². The Bertz CT molecular complexity index is 3940. The van der Waals surface area contributed by atoms with Gasteiger partial charge in [0.25, 0.3) is 0 Å². The fraction of sp³-hybridized carbons (Fsp3) is 0.183. The molecule has 13 rings (SSSR count). The standard InChI is InChI=1S/C60H47N3.C7H8.C4H10/c1-4-48-52-30-29-41-17-9-12-22-50(41)59(52)56-35-55-51-23-13-14-24-57(51)63(58(55)36-54(48)56)47-33-45-20-10-11-21-49(45)53(34-47)38(3)62-60(46-28-26-40-16-6-8-19-44(40)32-46)61-37(2)42-27-25-39-15-5-7-18-43(39)31-42;1-7-5-3-2-4-6-7;1-3-4-2/h5-34,36-37,48,56H,4,35H2,1-3H3;2-6H,1H3;3-4H2,1-2H3. The number of nitrogens with zero attached hydrogens (tertiary/aromatic N) is 3. The van der Waals surface area contributed by atoms with Gasteiger partial charge in [-0.15, -0.1) is 0 Å². The van der Waals surface area contributed by atoms with Crippen LogP contribution in [-0.2, 0) is 6.42 Å². The number of unbranched alkanes of at least 4 members (excludes halogenated alkanes) is 1. The van der Waals surface area contributed by atoms with E-state index in [-0.39, 0.29) is 6.04 Å². The van der Waals surface area contributed by atoms with Crippen molar-refractivity contribution >= 4 is 71.6 Å². The fourth-order valence-corrected chi connectivity index (χ4v) is 11.5. The van der Waals surface area contributed by atoms with Crippen LogP contribution >= 0.6 is 0 Å². The third-order valence-electron chi connectivity index (χ3n) is 15.5. The second kappa shape index (κ2) is 21.1. The van der Waals surface area contributed by atoms with Crippen LogP contribution in [0.1, 0.15) is 116 Å². The zero-order valence-corrected chi connectivity index (χ0v) is 43.7. The van der Waals surface area contributed by atoms with E-state index in [0.717, 1.165) is 46.8 Å². The van der Waals surface area contributed by atoms with E-state index < -0.39 is 0 Å². The van der Waals surface area contributed by atoms with Crippen molar-refractivity contribution < 1.29 is 0 Å². The molecule has 0 bridgehead atoms. The molecule has 0 aliphatic heterocycles. The summed E-state index contributed by atoms with van der Waals surface area (Å²) in [4.78, 5) is 11.0. The summed E-state index contributed by atoms with van der Waals surface area (Å²) in [6.45, 7) is 13.1. The molecule has 0 fully saturated rings. The molecule has 0 amide bonds. The molecule has 3 unspecified atom stereocenters. The maximum absolute atomic E-state index is 5.53. The molecule has 2 aliphatic carbocycles. The van der Waals surface area contributed by atoms with Crippen LogP contribution in [0, 0.1) is 6.92 Å². The predicted molar refractivity (Wildman–Crippen MR) is 319 cm³/mol. The SMILES string of the molecule is CCC1C2=Cc3c(c4ccccc4n3-c3cc(C(C)=NC(=NC(C)c4ccc5ccccc5c4)c4ccc5ccccc5c4)c4ccccc4c3)CC2c2c1ccc1ccccc21.CCCC.Cc1ccccc1. The van der Waals surface area contributed by atoms with E-state index >= 15 is 0 Å². The maximum atomic E-state index is 5.53. The van der Waals surface area contributed by atoms with E-state index in [4.69, 9.17) is 9.98 Å². The first-order valence-electron chi connectivity index (χ1n) is 26.8. The number of benzene rings is 10. The normalized spacial score (nSPS) is 15.5. The van der Waals surface area contributed by atoms with Gasteiger partial charge in [-0.2, -0.15) is 0 Å². The Kier molecular flexibility index (Phi) is 13.8. The number of aliphatic imine (C=N–C) groups is 2. The lowest BCUT2D eigenvalue weighted by Crippen LogP contribution is -2.11. The summed E-state index contributed by atoms with van der Waals surface area (Å²) in [5.41, 5.74) is 15.2. The number of aryl methyl sites for hydroxylation is 1. The molecule has 10 aromatic carbocycles. The number of allylic oxidation sites excluding steroid dienone is 1. The van der Waals surface area contributed by atoms with Crippen LogP contribution in [0.5, 0.6) is 0 Å². The highest BCUT2D eigenvalue weighted by molar-refractivity contribution is 6.17. The molecule has 1 heterocycles. The number of rotatable bonds is 7. The van der Waals surface area contributed by atoms with E-state index in [1.807, 2.05) is 18.2 Å². The Hall–Kier alpha value is -8.14. The molecule has 11 aromatic rings. The molecule has 2 aliphatic rings. The van der Waals surface area contributed by atoms with E-state index in [0.29, 0.717) is 11.8 Å². The van der Waals surface area contributed by atoms with Crippen LogP contribution in [-0.4, -0.2) is 16.1 Å². The Morgan fingerprint density at radius 2 is 1.16 bits per heavy atom. The summed E-state index contributed by atoms with van der Waals surface area (Å²) in [7, 11) is 0. The largest absolute Gasteiger partial charge is 0.310 e. The summed E-state index contributed by atoms with van der Waals surface area (Å²) in [6.07, 6.45) is 7.29. The second-order valence-corrected chi connectivity index (χ2v) is 20.2. The number of amidine groups is 1. The van der Waals surface area contributed by atoms with Gasteiger partial charge in [0.2, 0.25) is 0 Å². The van der Waals surface area contributed by atoms with Crippen molar-refractivity contribution in [3.8, 4) is 5.69 Å². The van der Waals surface area contributed by atoms with Gasteiger partial charge in [0.15, 0.2) is 5.84 Å². The van der Waals surface area contributed by atoms with Gasteiger partial charge in [0.05, 0.1) is 17.3 Å². The minimum absolute atomic E-state index is 0.114. The molecule has 0 spiro atoms. The minimum Gasteiger partial charge on any atom is -0.310 e. The molecule has 0 saturated heterocycles. The molecule has 0 N–H and O–H groups in total. The van der Waals surface area contributed by atoms with Crippen molar-refractivity contribution in [1.82, 2.24) is 4.57 Å². The molecule has 364 valence electrons. The van der Waals surface area contributed by atoms with Gasteiger partial charge in [0, 0.05) is 39.7 Å². The number of aromatic nitrogens is 1. The van der Waals surface area contributed by atoms with Crippen molar-refractivity contribution in [1.29, 1.82) is 0 Å². The number of hydrogen-bond donors (Lipinski definition) is 0. The Morgan fingerprint density at radius 3 is 1.85 bits per heavy atom. The highest BCUT2D eigenvalue weighted by Gasteiger charge is 2.40. The Labute approximate surface area is 437 Å². The molecule has 1 aromatic heterocycles. The van der Waals surface area contributed by atoms with Gasteiger partial charge in [-0.05, 0) is 135 Å². The predicted octanol–water partition coefficient (Wildman–Crippen LogP) is 19.3. The molecule has 0 radical (unpaired) electrons. The van der Waals surface area contributed by atoms with E-state index in [2.05, 4.69) is 246 Å². The summed E-state index contributed by atoms with van der Waals surface area (Å²) in [5.74, 6) is 1.50. The summed E-state index contributed by atoms with van der Waals surface area (Å²) < 4.78 is 2.53. The summed E-state index contributed by atoms with van der Waals surface area (Å²) >= 11 is 0. The molecular formula is C71H65N3. The lowest BCUT2D eigenvalue weighted by Gasteiger charge is -2.24. The number of hydrogen-bond acceptors (Lipinski definition) is 1. The molecule has 3 atom stereocenters. The smallest absolute Gasteiger partial charge is 0.155 e. The topological polar surface area (TPSA) is 29.6 Å². The van der Waals surface area contributed by atoms with Gasteiger partial charge < -0.3 is 4.57 Å². The molecule has 3 heteroatoms. The van der Waals surface area contributed by atoms with Gasteiger partial charge in [0.1, 0.15) is 0 Å². The fourth-order valence-electron chi connectivity index (χ4n) is 11.5. The van der Waals surface area contributed by atoms with Gasteiger partial charge >= 0.3 is 0 Å². The van der Waals surface area contributed by atoms with Gasteiger partial charge in [-0.3, -0.25) is 4.99 Å². The third kappa shape index (κ3) is 9.28. The van der Waals surface area contributed by atoms with Crippen molar-refractivity contribution in [2.75, 3.05) is 0 Å². The average Bonchev–Trinajstić information content (AvgIpc) is 3.96. The zero-order valence-electron chi connectivity index (χ0n) is 43.7. The lowest BCUT2D eigenvalue weighted by molar-refractivity contribution is 0.718. The first-order valence-corrected chi connectivity index (χ1v) is 26.8. The zero-order chi connectivity index (χ0) is 50.7. The van der Waals surface area contributed by atoms with Gasteiger partial charge in [-0.1, -0.05) is 227 Å². The van der Waals surface area contributed by atoms with Crippen molar-refractivity contribution in [2.24, 2.45) is 9.98 Å². The van der Waals surface area contributed by atoms with Gasteiger partial charge in [-0.25, -0.2) is 4.99 Å². The van der Waals surface area contributed by atoms with Crippen LogP contribution in [0.2, 0.25) is 0 Å². The van der Waals surface area contributed by atoms with E-state index in [9.17, 15) is 0 Å². The van der Waals surface area contributed by atoms with Crippen molar-refractivity contribution in [3.05, 3.63) is 263 Å². The molecule has 3 nitrogen and oxygen atoms in total. The Morgan fingerprint density at radius 1 is 0.568 bits per heavy atom. The van der Waals surface area contributed by atoms with Crippen LogP contribution in [0.4, 0.5) is 0 Å². The van der Waals surface area contributed by atoms with Crippen molar-refractivity contribution in [2.45, 2.75) is 85.1 Å².